The largest absolute Gasteiger partial charge is 0.444 e. The van der Waals surface area contributed by atoms with Crippen molar-refractivity contribution in [2.24, 2.45) is 0 Å². The number of hydrogen-bond donors (Lipinski definition) is 2. The van der Waals surface area contributed by atoms with E-state index in [1.54, 1.807) is 0 Å². The van der Waals surface area contributed by atoms with Crippen LogP contribution in [0.2, 0.25) is 0 Å². The molecule has 0 heterocycles. The molecule has 2 N–H and O–H groups in total. The lowest BCUT2D eigenvalue weighted by atomic mass is 10.0. The van der Waals surface area contributed by atoms with E-state index in [-0.39, 0.29) is 11.9 Å². The quantitative estimate of drug-likeness (QED) is 0.708. The van der Waals surface area contributed by atoms with Crippen molar-refractivity contribution in [3.8, 4) is 0 Å². The average Bonchev–Trinajstić information content (AvgIpc) is 2.55. The summed E-state index contributed by atoms with van der Waals surface area (Å²) < 4.78 is 5.16. The van der Waals surface area contributed by atoms with Gasteiger partial charge < -0.3 is 15.4 Å². The van der Waals surface area contributed by atoms with Crippen molar-refractivity contribution >= 4 is 12.0 Å². The molecule has 1 unspecified atom stereocenters. The van der Waals surface area contributed by atoms with Crippen LogP contribution < -0.4 is 10.6 Å². The molecular formula is C19H31N3O3. The second-order valence-electron chi connectivity index (χ2n) is 6.75. The Bertz CT molecular complexity index is 537. The number of alkyl carbamates (subject to hydrolysis) is 1. The molecule has 140 valence electrons. The average molecular weight is 349 g/mol. The first kappa shape index (κ1) is 21.0. The maximum absolute atomic E-state index is 12.7. The topological polar surface area (TPSA) is 70.7 Å². The van der Waals surface area contributed by atoms with E-state index in [0.29, 0.717) is 13.1 Å². The van der Waals surface area contributed by atoms with Gasteiger partial charge >= 0.3 is 6.09 Å². The third-order valence-corrected chi connectivity index (χ3v) is 3.63. The minimum absolute atomic E-state index is 0.0686. The number of carbonyl (C=O) groups excluding carboxylic acids is 2. The Morgan fingerprint density at radius 3 is 2.12 bits per heavy atom. The molecule has 0 aromatic heterocycles. The Labute approximate surface area is 150 Å². The molecule has 25 heavy (non-hydrogen) atoms. The molecule has 0 spiro atoms. The Morgan fingerprint density at radius 2 is 1.60 bits per heavy atom. The second-order valence-corrected chi connectivity index (χ2v) is 6.75. The van der Waals surface area contributed by atoms with Crippen LogP contribution in [0, 0.1) is 0 Å². The fourth-order valence-corrected chi connectivity index (χ4v) is 2.51. The maximum atomic E-state index is 12.7. The monoisotopic (exact) mass is 349 g/mol. The van der Waals surface area contributed by atoms with Crippen molar-refractivity contribution in [3.63, 3.8) is 0 Å². The third kappa shape index (κ3) is 7.56. The fraction of sp³-hybridized carbons (Fsp3) is 0.579. The molecule has 0 saturated heterocycles. The molecule has 0 radical (unpaired) electrons. The van der Waals surface area contributed by atoms with Gasteiger partial charge in [-0.25, -0.2) is 4.79 Å². The van der Waals surface area contributed by atoms with Gasteiger partial charge in [-0.2, -0.15) is 0 Å². The molecule has 6 nitrogen and oxygen atoms in total. The lowest BCUT2D eigenvalue weighted by Crippen LogP contribution is -2.43. The second kappa shape index (κ2) is 10.0. The number of nitrogens with zero attached hydrogens (tertiary/aromatic N) is 1. The van der Waals surface area contributed by atoms with Gasteiger partial charge in [0.2, 0.25) is 5.91 Å². The number of likely N-dealkylation sites (N-methyl/N-ethyl adjacent to an activating group) is 1. The molecular weight excluding hydrogens is 318 g/mol. The highest BCUT2D eigenvalue weighted by Gasteiger charge is 2.25. The Morgan fingerprint density at radius 1 is 1.04 bits per heavy atom. The van der Waals surface area contributed by atoms with E-state index in [9.17, 15) is 9.59 Å². The van der Waals surface area contributed by atoms with Gasteiger partial charge in [-0.1, -0.05) is 44.2 Å². The van der Waals surface area contributed by atoms with E-state index in [2.05, 4.69) is 15.5 Å². The predicted molar refractivity (Wildman–Crippen MR) is 99.4 cm³/mol. The van der Waals surface area contributed by atoms with Crippen LogP contribution in [0.15, 0.2) is 30.3 Å². The van der Waals surface area contributed by atoms with Gasteiger partial charge in [0, 0.05) is 13.1 Å². The summed E-state index contributed by atoms with van der Waals surface area (Å²) in [5.74, 6) is -0.0686. The number of hydrogen-bond acceptors (Lipinski definition) is 4. The summed E-state index contributed by atoms with van der Waals surface area (Å²) in [7, 11) is 0. The third-order valence-electron chi connectivity index (χ3n) is 3.63. The van der Waals surface area contributed by atoms with Crippen LogP contribution in [-0.4, -0.2) is 48.7 Å². The van der Waals surface area contributed by atoms with Crippen LogP contribution in [0.25, 0.3) is 0 Å². The molecule has 0 aliphatic rings. The molecule has 1 aromatic carbocycles. The molecule has 0 aliphatic heterocycles. The van der Waals surface area contributed by atoms with Crippen LogP contribution in [0.4, 0.5) is 4.79 Å². The summed E-state index contributed by atoms with van der Waals surface area (Å²) in [6.07, 6.45) is -0.481. The number of nitrogens with one attached hydrogen (secondary N) is 2. The highest BCUT2D eigenvalue weighted by Crippen LogP contribution is 2.20. The molecule has 0 aliphatic carbocycles. The van der Waals surface area contributed by atoms with E-state index in [1.165, 1.54) is 0 Å². The minimum Gasteiger partial charge on any atom is -0.444 e. The first-order chi connectivity index (χ1) is 11.8. The van der Waals surface area contributed by atoms with Crippen LogP contribution in [-0.2, 0) is 9.53 Å². The lowest BCUT2D eigenvalue weighted by molar-refractivity contribution is -0.126. The van der Waals surface area contributed by atoms with Crippen molar-refractivity contribution in [1.82, 2.24) is 15.5 Å². The van der Waals surface area contributed by atoms with Gasteiger partial charge in [-0.15, -0.1) is 0 Å². The van der Waals surface area contributed by atoms with E-state index >= 15 is 0 Å². The summed E-state index contributed by atoms with van der Waals surface area (Å²) in [5.41, 5.74) is 0.429. The SMILES string of the molecule is CCN(CC)C(C(=O)NCCNC(=O)OC(C)(C)C)c1ccccc1. The molecule has 0 saturated carbocycles. The summed E-state index contributed by atoms with van der Waals surface area (Å²) in [6.45, 7) is 11.7. The predicted octanol–water partition coefficient (Wildman–Crippen LogP) is 2.71. The number of carbonyl (C=O) groups is 2. The molecule has 1 rings (SSSR count). The van der Waals surface area contributed by atoms with Gasteiger partial charge in [0.25, 0.3) is 0 Å². The highest BCUT2D eigenvalue weighted by molar-refractivity contribution is 5.83. The summed E-state index contributed by atoms with van der Waals surface area (Å²) in [5, 5.41) is 5.54. The fourth-order valence-electron chi connectivity index (χ4n) is 2.51. The highest BCUT2D eigenvalue weighted by atomic mass is 16.6. The molecule has 1 aromatic rings. The zero-order chi connectivity index (χ0) is 18.9. The smallest absolute Gasteiger partial charge is 0.407 e. The summed E-state index contributed by atoms with van der Waals surface area (Å²) in [4.78, 5) is 26.4. The van der Waals surface area contributed by atoms with Crippen LogP contribution >= 0.6 is 0 Å². The van der Waals surface area contributed by atoms with Gasteiger partial charge in [0.1, 0.15) is 11.6 Å². The van der Waals surface area contributed by atoms with Crippen molar-refractivity contribution < 1.29 is 14.3 Å². The number of ether oxygens (including phenoxy) is 1. The van der Waals surface area contributed by atoms with Crippen LogP contribution in [0.5, 0.6) is 0 Å². The molecule has 1 atom stereocenters. The molecule has 0 bridgehead atoms. The van der Waals surface area contributed by atoms with Crippen molar-refractivity contribution in [2.45, 2.75) is 46.3 Å². The van der Waals surface area contributed by atoms with Gasteiger partial charge in [0.15, 0.2) is 0 Å². The lowest BCUT2D eigenvalue weighted by Gasteiger charge is -2.29. The van der Waals surface area contributed by atoms with Gasteiger partial charge in [0.05, 0.1) is 0 Å². The van der Waals surface area contributed by atoms with E-state index in [1.807, 2.05) is 65.0 Å². The standard InChI is InChI=1S/C19H31N3O3/c1-6-22(7-2)16(15-11-9-8-10-12-15)17(23)20-13-14-21-18(24)25-19(3,4)5/h8-12,16H,6-7,13-14H2,1-5H3,(H,20,23)(H,21,24). The van der Waals surface area contributed by atoms with Crippen LogP contribution in [0.3, 0.4) is 0 Å². The Hall–Kier alpha value is -2.08. The molecule has 6 heteroatoms. The Balaban J connectivity index is 2.58. The van der Waals surface area contributed by atoms with Gasteiger partial charge in [-0.05, 0) is 39.4 Å². The first-order valence-corrected chi connectivity index (χ1v) is 8.82. The van der Waals surface area contributed by atoms with Crippen molar-refractivity contribution in [1.29, 1.82) is 0 Å². The summed E-state index contributed by atoms with van der Waals surface area (Å²) in [6, 6.07) is 9.39. The zero-order valence-electron chi connectivity index (χ0n) is 16.0. The summed E-state index contributed by atoms with van der Waals surface area (Å²) >= 11 is 0. The normalized spacial score (nSPS) is 12.6. The Kier molecular flexibility index (Phi) is 8.41. The van der Waals surface area contributed by atoms with E-state index in [0.717, 1.165) is 18.7 Å². The number of benzene rings is 1. The zero-order valence-corrected chi connectivity index (χ0v) is 16.0. The minimum atomic E-state index is -0.533. The number of amides is 2. The van der Waals surface area contributed by atoms with E-state index < -0.39 is 11.7 Å². The maximum Gasteiger partial charge on any atom is 0.407 e. The molecule has 2 amide bonds. The van der Waals surface area contributed by atoms with Crippen LogP contribution in [0.1, 0.15) is 46.2 Å². The van der Waals surface area contributed by atoms with Crippen molar-refractivity contribution in [3.05, 3.63) is 35.9 Å². The van der Waals surface area contributed by atoms with E-state index in [4.69, 9.17) is 4.74 Å². The van der Waals surface area contributed by atoms with Gasteiger partial charge in [-0.3, -0.25) is 9.69 Å². The first-order valence-electron chi connectivity index (χ1n) is 8.82. The van der Waals surface area contributed by atoms with Crippen molar-refractivity contribution in [2.75, 3.05) is 26.2 Å². The number of rotatable bonds is 8. The molecule has 0 fully saturated rings.